The Morgan fingerprint density at radius 2 is 1.93 bits per heavy atom. The molecule has 5 aliphatic rings. The van der Waals surface area contributed by atoms with E-state index >= 15 is 4.39 Å². The number of hydrogen-bond acceptors (Lipinski definition) is 11. The van der Waals surface area contributed by atoms with Gasteiger partial charge in [-0.05, 0) is 63.0 Å². The SMILES string of the molecule is CC1(C)O[C@@H]2C[C@H]3[C@@H]4CC(F)=C5CC(=O)C=C[C@]5(C)[C@H]4[C@@H](O)C[C@]3(C)[C@]2(C(=O)COC(=O)CNC(=O)CCCCCO[N+](=O)[O-])O1. The number of amides is 1. The smallest absolute Gasteiger partial charge is 0.325 e. The van der Waals surface area contributed by atoms with E-state index in [0.29, 0.717) is 31.3 Å². The molecule has 14 heteroatoms. The second-order valence-electron chi connectivity index (χ2n) is 14.1. The number of halogens is 1. The number of carbonyl (C=O) groups is 4. The number of aliphatic hydroxyl groups excluding tert-OH is 1. The van der Waals surface area contributed by atoms with Gasteiger partial charge in [0, 0.05) is 36.0 Å². The molecule has 254 valence electrons. The monoisotopic (exact) mass is 650 g/mol. The van der Waals surface area contributed by atoms with E-state index in [1.54, 1.807) is 19.9 Å². The van der Waals surface area contributed by atoms with E-state index < -0.39 is 70.3 Å². The summed E-state index contributed by atoms with van der Waals surface area (Å²) < 4.78 is 33.8. The van der Waals surface area contributed by atoms with Crippen molar-refractivity contribution in [1.29, 1.82) is 0 Å². The van der Waals surface area contributed by atoms with Gasteiger partial charge in [0.2, 0.25) is 11.7 Å². The van der Waals surface area contributed by atoms with E-state index in [2.05, 4.69) is 10.2 Å². The molecule has 46 heavy (non-hydrogen) atoms. The first kappa shape index (κ1) is 34.1. The number of rotatable bonds is 12. The highest BCUT2D eigenvalue weighted by molar-refractivity contribution is 5.94. The molecule has 4 aliphatic carbocycles. The van der Waals surface area contributed by atoms with Gasteiger partial charge in [-0.25, -0.2) is 4.39 Å². The molecule has 3 fully saturated rings. The zero-order valence-corrected chi connectivity index (χ0v) is 26.7. The van der Waals surface area contributed by atoms with Crippen LogP contribution in [0.1, 0.15) is 79.1 Å². The van der Waals surface area contributed by atoms with Crippen molar-refractivity contribution in [1.82, 2.24) is 5.32 Å². The Bertz CT molecular complexity index is 1360. The molecule has 0 aromatic heterocycles. The number of esters is 1. The van der Waals surface area contributed by atoms with Crippen LogP contribution < -0.4 is 5.32 Å². The number of fused-ring (bicyclic) bond motifs is 7. The van der Waals surface area contributed by atoms with Crippen LogP contribution >= 0.6 is 0 Å². The van der Waals surface area contributed by atoms with Crippen molar-refractivity contribution >= 4 is 23.4 Å². The van der Waals surface area contributed by atoms with Crippen molar-refractivity contribution in [3.63, 3.8) is 0 Å². The molecule has 0 unspecified atom stereocenters. The van der Waals surface area contributed by atoms with Crippen molar-refractivity contribution in [2.45, 2.75) is 103 Å². The Labute approximate surface area is 266 Å². The summed E-state index contributed by atoms with van der Waals surface area (Å²) in [6.45, 7) is 5.96. The van der Waals surface area contributed by atoms with Crippen LogP contribution in [0.4, 0.5) is 4.39 Å². The minimum absolute atomic E-state index is 0.0184. The van der Waals surface area contributed by atoms with Crippen molar-refractivity contribution in [2.24, 2.45) is 28.6 Å². The lowest BCUT2D eigenvalue weighted by atomic mass is 9.46. The van der Waals surface area contributed by atoms with Gasteiger partial charge in [0.05, 0.1) is 18.8 Å². The molecule has 1 heterocycles. The molecule has 5 rings (SSSR count). The fourth-order valence-electron chi connectivity index (χ4n) is 9.17. The van der Waals surface area contributed by atoms with Crippen LogP contribution in [0, 0.1) is 38.7 Å². The summed E-state index contributed by atoms with van der Waals surface area (Å²) in [7, 11) is 0. The van der Waals surface area contributed by atoms with Gasteiger partial charge in [0.25, 0.3) is 5.09 Å². The maximum absolute atomic E-state index is 15.7. The number of allylic oxidation sites excluding steroid dienone is 4. The minimum Gasteiger partial charge on any atom is -0.456 e. The average Bonchev–Trinajstić information content (AvgIpc) is 3.38. The van der Waals surface area contributed by atoms with E-state index in [9.17, 15) is 34.4 Å². The number of Topliss-reactive ketones (excluding diaryl/α,β-unsaturated/α-hetero) is 1. The normalized spacial score (nSPS) is 37.1. The molecule has 0 radical (unpaired) electrons. The van der Waals surface area contributed by atoms with Crippen molar-refractivity contribution in [2.75, 3.05) is 19.8 Å². The predicted molar refractivity (Wildman–Crippen MR) is 157 cm³/mol. The van der Waals surface area contributed by atoms with Crippen molar-refractivity contribution < 1.29 is 52.8 Å². The van der Waals surface area contributed by atoms with E-state index in [1.165, 1.54) is 6.08 Å². The summed E-state index contributed by atoms with van der Waals surface area (Å²) >= 11 is 0. The van der Waals surface area contributed by atoms with Crippen molar-refractivity contribution in [3.8, 4) is 0 Å². The summed E-state index contributed by atoms with van der Waals surface area (Å²) in [6.07, 6.45) is 3.56. The quantitative estimate of drug-likeness (QED) is 0.137. The number of nitrogens with zero attached hydrogens (tertiary/aromatic N) is 1. The third-order valence-electron chi connectivity index (χ3n) is 11.0. The van der Waals surface area contributed by atoms with Gasteiger partial charge in [-0.15, -0.1) is 10.1 Å². The summed E-state index contributed by atoms with van der Waals surface area (Å²) in [5.41, 5.74) is -2.99. The van der Waals surface area contributed by atoms with E-state index in [1.807, 2.05) is 13.8 Å². The fourth-order valence-corrected chi connectivity index (χ4v) is 9.17. The molecular weight excluding hydrogens is 607 g/mol. The maximum Gasteiger partial charge on any atom is 0.325 e. The predicted octanol–water partition coefficient (Wildman–Crippen LogP) is 3.06. The molecule has 1 aliphatic heterocycles. The first-order chi connectivity index (χ1) is 21.5. The fraction of sp³-hybridized carbons (Fsp3) is 0.750. The number of carbonyl (C=O) groups excluding carboxylic acids is 4. The largest absolute Gasteiger partial charge is 0.456 e. The first-order valence-corrected chi connectivity index (χ1v) is 15.9. The van der Waals surface area contributed by atoms with Gasteiger partial charge in [-0.1, -0.05) is 26.3 Å². The molecule has 0 aromatic carbocycles. The topological polar surface area (TPSA) is 181 Å². The highest BCUT2D eigenvalue weighted by Crippen LogP contribution is 2.70. The molecule has 13 nitrogen and oxygen atoms in total. The van der Waals surface area contributed by atoms with E-state index in [4.69, 9.17) is 14.2 Å². The Hall–Kier alpha value is -3.23. The average molecular weight is 651 g/mol. The molecule has 1 saturated heterocycles. The summed E-state index contributed by atoms with van der Waals surface area (Å²) in [5, 5.41) is 23.5. The van der Waals surface area contributed by atoms with E-state index in [-0.39, 0.29) is 61.7 Å². The van der Waals surface area contributed by atoms with Gasteiger partial charge < -0.3 is 29.5 Å². The molecule has 0 aromatic rings. The molecule has 0 spiro atoms. The summed E-state index contributed by atoms with van der Waals surface area (Å²) in [4.78, 5) is 65.3. The Balaban J connectivity index is 1.26. The number of nitrogens with one attached hydrogen (secondary N) is 1. The summed E-state index contributed by atoms with van der Waals surface area (Å²) in [5.74, 6) is -4.44. The standard InChI is InChI=1S/C32H43FN2O11/c1-29(2)45-25-14-20-19-13-22(33)21-12-18(36)9-10-30(21,3)28(19)23(37)15-31(20,4)32(25,46-29)24(38)17-43-27(40)16-34-26(39)8-6-5-7-11-44-35(41)42/h9-10,19-20,23,25,28,37H,5-8,11-17H2,1-4H3,(H,34,39)/t19-,20-,23-,25+,28+,30-,31-,32+/m0/s1. The van der Waals surface area contributed by atoms with Crippen LogP contribution in [0.25, 0.3) is 0 Å². The van der Waals surface area contributed by atoms with Gasteiger partial charge in [0.15, 0.2) is 23.8 Å². The zero-order chi connectivity index (χ0) is 33.7. The van der Waals surface area contributed by atoms with Crippen LogP contribution in [-0.4, -0.2) is 77.0 Å². The van der Waals surface area contributed by atoms with Gasteiger partial charge in [0.1, 0.15) is 12.4 Å². The lowest BCUT2D eigenvalue weighted by molar-refractivity contribution is -0.757. The first-order valence-electron chi connectivity index (χ1n) is 15.9. The van der Waals surface area contributed by atoms with E-state index in [0.717, 1.165) is 0 Å². The highest BCUT2D eigenvalue weighted by atomic mass is 19.1. The van der Waals surface area contributed by atoms with Crippen LogP contribution in [0.3, 0.4) is 0 Å². The van der Waals surface area contributed by atoms with Gasteiger partial charge in [-0.3, -0.25) is 19.2 Å². The Kier molecular flexibility index (Phi) is 9.21. The van der Waals surface area contributed by atoms with Crippen molar-refractivity contribution in [3.05, 3.63) is 33.7 Å². The van der Waals surface area contributed by atoms with Gasteiger partial charge >= 0.3 is 5.97 Å². The third-order valence-corrected chi connectivity index (χ3v) is 11.0. The number of aliphatic hydroxyl groups is 1. The highest BCUT2D eigenvalue weighted by Gasteiger charge is 2.77. The molecule has 1 amide bonds. The molecule has 2 saturated carbocycles. The number of unbranched alkanes of at least 4 members (excludes halogenated alkanes) is 2. The second-order valence-corrected chi connectivity index (χ2v) is 14.1. The van der Waals surface area contributed by atoms with Crippen LogP contribution in [-0.2, 0) is 38.2 Å². The number of hydrogen-bond donors (Lipinski definition) is 2. The molecule has 2 N–H and O–H groups in total. The molecule has 8 atom stereocenters. The number of ether oxygens (including phenoxy) is 3. The molecule has 0 bridgehead atoms. The lowest BCUT2D eigenvalue weighted by Gasteiger charge is -2.59. The minimum atomic E-state index is -1.57. The Morgan fingerprint density at radius 1 is 1.20 bits per heavy atom. The number of ketones is 2. The third kappa shape index (κ3) is 5.87. The summed E-state index contributed by atoms with van der Waals surface area (Å²) in [6, 6.07) is 0. The van der Waals surface area contributed by atoms with Crippen LogP contribution in [0.2, 0.25) is 0 Å². The van der Waals surface area contributed by atoms with Crippen LogP contribution in [0.5, 0.6) is 0 Å². The van der Waals surface area contributed by atoms with Crippen LogP contribution in [0.15, 0.2) is 23.6 Å². The van der Waals surface area contributed by atoms with Gasteiger partial charge in [-0.2, -0.15) is 0 Å². The second kappa shape index (κ2) is 12.4. The maximum atomic E-state index is 15.7. The zero-order valence-electron chi connectivity index (χ0n) is 26.7. The Morgan fingerprint density at radius 3 is 2.65 bits per heavy atom. The lowest BCUT2D eigenvalue weighted by Crippen LogP contribution is -2.64. The molecular formula is C32H43FN2O11.